The van der Waals surface area contributed by atoms with Crippen molar-refractivity contribution in [1.29, 1.82) is 0 Å². The Balaban J connectivity index is 1.43. The van der Waals surface area contributed by atoms with Crippen LogP contribution < -0.4 is 0 Å². The van der Waals surface area contributed by atoms with Crippen LogP contribution in [0.2, 0.25) is 0 Å². The number of carbonyl (C=O) groups excluding carboxylic acids is 2. The fourth-order valence-electron chi connectivity index (χ4n) is 4.78. The first-order valence-corrected chi connectivity index (χ1v) is 10.7. The standard InChI is InChI=1S/C21H23N3O3S/c1-13(2)15-12-28-19(22-15)20(26)23-9-8-21-17(23)10-18(25)24(21)16(11-27-21)14-6-4-3-5-7-14/h3-7,12-13,16-17H,8-11H2,1-2H3/t16-,17+,21-/m0/s1. The van der Waals surface area contributed by atoms with E-state index in [2.05, 4.69) is 18.8 Å². The first-order valence-electron chi connectivity index (χ1n) is 9.79. The van der Waals surface area contributed by atoms with Gasteiger partial charge in [-0.1, -0.05) is 44.2 Å². The van der Waals surface area contributed by atoms with E-state index in [9.17, 15) is 9.59 Å². The van der Waals surface area contributed by atoms with Crippen molar-refractivity contribution in [1.82, 2.24) is 14.8 Å². The van der Waals surface area contributed by atoms with Gasteiger partial charge in [0.05, 0.1) is 30.8 Å². The molecule has 7 heteroatoms. The van der Waals surface area contributed by atoms with Crippen molar-refractivity contribution >= 4 is 23.2 Å². The second-order valence-corrected chi connectivity index (χ2v) is 8.90. The number of nitrogens with zero attached hydrogens (tertiary/aromatic N) is 3. The average Bonchev–Trinajstić information content (AvgIpc) is 3.43. The van der Waals surface area contributed by atoms with Crippen molar-refractivity contribution in [2.24, 2.45) is 0 Å². The van der Waals surface area contributed by atoms with Crippen LogP contribution in [0, 0.1) is 0 Å². The number of ether oxygens (including phenoxy) is 1. The summed E-state index contributed by atoms with van der Waals surface area (Å²) < 4.78 is 6.28. The second kappa shape index (κ2) is 6.39. The lowest BCUT2D eigenvalue weighted by atomic mass is 10.0. The van der Waals surface area contributed by atoms with Crippen molar-refractivity contribution < 1.29 is 14.3 Å². The van der Waals surface area contributed by atoms with E-state index in [1.807, 2.05) is 45.5 Å². The molecule has 6 nitrogen and oxygen atoms in total. The molecule has 0 aliphatic carbocycles. The molecule has 0 unspecified atom stereocenters. The summed E-state index contributed by atoms with van der Waals surface area (Å²) in [4.78, 5) is 34.3. The maximum atomic E-state index is 13.2. The van der Waals surface area contributed by atoms with Crippen LogP contribution in [0.5, 0.6) is 0 Å². The average molecular weight is 398 g/mol. The van der Waals surface area contributed by atoms with Gasteiger partial charge >= 0.3 is 0 Å². The second-order valence-electron chi connectivity index (χ2n) is 8.05. The molecule has 3 atom stereocenters. The Hall–Kier alpha value is -2.25. The topological polar surface area (TPSA) is 62.7 Å². The molecule has 0 bridgehead atoms. The normalized spacial score (nSPS) is 28.9. The third kappa shape index (κ3) is 2.46. The molecule has 2 amide bonds. The maximum absolute atomic E-state index is 13.2. The van der Waals surface area contributed by atoms with Crippen LogP contribution in [0.25, 0.3) is 0 Å². The molecule has 5 rings (SSSR count). The molecule has 1 aromatic heterocycles. The zero-order chi connectivity index (χ0) is 19.5. The number of likely N-dealkylation sites (tertiary alicyclic amines) is 1. The molecule has 1 aromatic carbocycles. The quantitative estimate of drug-likeness (QED) is 0.798. The molecule has 4 heterocycles. The molecule has 0 N–H and O–H groups in total. The Morgan fingerprint density at radius 1 is 1.32 bits per heavy atom. The Morgan fingerprint density at radius 3 is 2.82 bits per heavy atom. The number of aromatic nitrogens is 1. The van der Waals surface area contributed by atoms with Crippen LogP contribution in [0.4, 0.5) is 0 Å². The molecule has 3 saturated heterocycles. The molecule has 1 spiro atoms. The summed E-state index contributed by atoms with van der Waals surface area (Å²) in [6, 6.07) is 9.69. The van der Waals surface area contributed by atoms with Crippen molar-refractivity contribution in [3.05, 3.63) is 52.0 Å². The number of carbonyl (C=O) groups is 2. The van der Waals surface area contributed by atoms with E-state index in [4.69, 9.17) is 4.74 Å². The highest BCUT2D eigenvalue weighted by Gasteiger charge is 2.65. The lowest BCUT2D eigenvalue weighted by Gasteiger charge is -2.33. The number of hydrogen-bond acceptors (Lipinski definition) is 5. The van der Waals surface area contributed by atoms with Gasteiger partial charge < -0.3 is 14.5 Å². The molecule has 3 aliphatic heterocycles. The van der Waals surface area contributed by atoms with Crippen molar-refractivity contribution in [3.8, 4) is 0 Å². The minimum Gasteiger partial charge on any atom is -0.351 e. The highest BCUT2D eigenvalue weighted by atomic mass is 32.1. The van der Waals surface area contributed by atoms with Gasteiger partial charge in [0.1, 0.15) is 0 Å². The van der Waals surface area contributed by atoms with Gasteiger partial charge in [-0.05, 0) is 11.5 Å². The van der Waals surface area contributed by atoms with Crippen LogP contribution >= 0.6 is 11.3 Å². The zero-order valence-corrected chi connectivity index (χ0v) is 16.8. The van der Waals surface area contributed by atoms with Crippen LogP contribution in [0.1, 0.15) is 59.7 Å². The molecule has 3 fully saturated rings. The minimum atomic E-state index is -0.689. The summed E-state index contributed by atoms with van der Waals surface area (Å²) >= 11 is 1.39. The van der Waals surface area contributed by atoms with Crippen LogP contribution in [0.3, 0.4) is 0 Å². The highest BCUT2D eigenvalue weighted by Crippen LogP contribution is 2.51. The van der Waals surface area contributed by atoms with Gasteiger partial charge in [-0.3, -0.25) is 9.59 Å². The molecular formula is C21H23N3O3S. The number of rotatable bonds is 3. The van der Waals surface area contributed by atoms with E-state index < -0.39 is 5.72 Å². The third-order valence-corrected chi connectivity index (χ3v) is 7.05. The van der Waals surface area contributed by atoms with Gasteiger partial charge in [0, 0.05) is 18.3 Å². The lowest BCUT2D eigenvalue weighted by Crippen LogP contribution is -2.49. The molecule has 28 heavy (non-hydrogen) atoms. The summed E-state index contributed by atoms with van der Waals surface area (Å²) in [7, 11) is 0. The Labute approximate surface area is 168 Å². The summed E-state index contributed by atoms with van der Waals surface area (Å²) in [6.45, 7) is 5.20. The van der Waals surface area contributed by atoms with Gasteiger partial charge in [-0.25, -0.2) is 4.98 Å². The van der Waals surface area contributed by atoms with Crippen LogP contribution in [0.15, 0.2) is 35.7 Å². The summed E-state index contributed by atoms with van der Waals surface area (Å²) in [6.07, 6.45) is 0.971. The number of benzene rings is 1. The predicted molar refractivity (Wildman–Crippen MR) is 105 cm³/mol. The first kappa shape index (κ1) is 17.8. The molecule has 0 saturated carbocycles. The Kier molecular flexibility index (Phi) is 4.07. The first-order chi connectivity index (χ1) is 13.5. The van der Waals surface area contributed by atoms with E-state index in [0.29, 0.717) is 31.0 Å². The Morgan fingerprint density at radius 2 is 2.11 bits per heavy atom. The smallest absolute Gasteiger partial charge is 0.283 e. The fourth-order valence-corrected chi connectivity index (χ4v) is 5.71. The highest BCUT2D eigenvalue weighted by molar-refractivity contribution is 7.11. The predicted octanol–water partition coefficient (Wildman–Crippen LogP) is 3.18. The van der Waals surface area contributed by atoms with Gasteiger partial charge in [-0.2, -0.15) is 0 Å². The van der Waals surface area contributed by atoms with E-state index in [-0.39, 0.29) is 29.8 Å². The van der Waals surface area contributed by atoms with Crippen molar-refractivity contribution in [2.45, 2.75) is 50.4 Å². The Bertz CT molecular complexity index is 928. The number of amides is 2. The monoisotopic (exact) mass is 397 g/mol. The lowest BCUT2D eigenvalue weighted by molar-refractivity contribution is -0.138. The van der Waals surface area contributed by atoms with Crippen molar-refractivity contribution in [2.75, 3.05) is 13.2 Å². The van der Waals surface area contributed by atoms with E-state index in [1.54, 1.807) is 0 Å². The summed E-state index contributed by atoms with van der Waals surface area (Å²) in [5.74, 6) is 0.270. The molecule has 3 aliphatic rings. The van der Waals surface area contributed by atoms with Crippen molar-refractivity contribution in [3.63, 3.8) is 0 Å². The van der Waals surface area contributed by atoms with Gasteiger partial charge in [0.25, 0.3) is 5.91 Å². The fraction of sp³-hybridized carbons (Fsp3) is 0.476. The minimum absolute atomic E-state index is 0.0656. The van der Waals surface area contributed by atoms with Gasteiger partial charge in [0.2, 0.25) is 5.91 Å². The molecule has 0 radical (unpaired) electrons. The molecule has 2 aromatic rings. The van der Waals surface area contributed by atoms with Crippen LogP contribution in [-0.4, -0.2) is 51.5 Å². The summed E-state index contributed by atoms with van der Waals surface area (Å²) in [5, 5.41) is 2.46. The SMILES string of the molecule is CC(C)c1csc(C(=O)N2CC[C@@]34OC[C@@H](c5ccccc5)N3C(=O)C[C@@H]24)n1. The number of thiazole rings is 1. The molecule has 146 valence electrons. The zero-order valence-electron chi connectivity index (χ0n) is 16.0. The van der Waals surface area contributed by atoms with Gasteiger partial charge in [-0.15, -0.1) is 11.3 Å². The molecular weight excluding hydrogens is 374 g/mol. The largest absolute Gasteiger partial charge is 0.351 e. The van der Waals surface area contributed by atoms with E-state index in [1.165, 1.54) is 11.3 Å². The maximum Gasteiger partial charge on any atom is 0.283 e. The third-order valence-electron chi connectivity index (χ3n) is 6.20. The van der Waals surface area contributed by atoms with E-state index in [0.717, 1.165) is 11.3 Å². The van der Waals surface area contributed by atoms with E-state index >= 15 is 0 Å². The van der Waals surface area contributed by atoms with Gasteiger partial charge in [0.15, 0.2) is 10.7 Å². The number of hydrogen-bond donors (Lipinski definition) is 0. The van der Waals surface area contributed by atoms with Crippen LogP contribution in [-0.2, 0) is 9.53 Å². The summed E-state index contributed by atoms with van der Waals surface area (Å²) in [5.41, 5.74) is 1.33.